The van der Waals surface area contributed by atoms with E-state index in [2.05, 4.69) is 51.5 Å². The summed E-state index contributed by atoms with van der Waals surface area (Å²) in [5, 5.41) is 0.837. The predicted molar refractivity (Wildman–Crippen MR) is 228 cm³/mol. The maximum Gasteiger partial charge on any atom is 0.416 e. The number of alkyl halides is 3. The van der Waals surface area contributed by atoms with Gasteiger partial charge < -0.3 is 9.64 Å². The third-order valence-electron chi connectivity index (χ3n) is 11.7. The van der Waals surface area contributed by atoms with Crippen molar-refractivity contribution in [2.75, 3.05) is 23.7 Å². The lowest BCUT2D eigenvalue weighted by molar-refractivity contribution is -0.137. The Hall–Kier alpha value is -3.14. The first kappa shape index (κ1) is 43.4. The normalized spacial score (nSPS) is 21.5. The molecule has 0 N–H and O–H groups in total. The number of rotatable bonds is 7. The van der Waals surface area contributed by atoms with Gasteiger partial charge >= 0.3 is 18.0 Å². The number of ether oxygens (including phenoxy) is 1. The fourth-order valence-corrected chi connectivity index (χ4v) is 24.1. The number of anilines is 1. The van der Waals surface area contributed by atoms with Crippen LogP contribution in [0.2, 0.25) is 21.6 Å². The molecule has 1 aromatic carbocycles. The smallest absolute Gasteiger partial charge is 0.416 e. The van der Waals surface area contributed by atoms with Crippen molar-refractivity contribution < 1.29 is 27.1 Å². The zero-order chi connectivity index (χ0) is 42.1. The van der Waals surface area contributed by atoms with Gasteiger partial charge in [0.1, 0.15) is 25.3 Å². The van der Waals surface area contributed by atoms with Crippen LogP contribution in [0.15, 0.2) is 50.6 Å². The first-order valence-corrected chi connectivity index (χ1v) is 24.5. The summed E-state index contributed by atoms with van der Waals surface area (Å²) in [6.07, 6.45) is -2.53. The number of hydrogen-bond donors (Lipinski definition) is 1. The number of piperazine rings is 1. The molecule has 0 radical (unpaired) electrons. The summed E-state index contributed by atoms with van der Waals surface area (Å²) in [7, 11) is -3.89. The maximum absolute atomic E-state index is 15.1. The van der Waals surface area contributed by atoms with E-state index in [4.69, 9.17) is 16.3 Å². The van der Waals surface area contributed by atoms with Gasteiger partial charge in [-0.1, -0.05) is 53.1 Å². The molecule has 1 unspecified atom stereocenters. The van der Waals surface area contributed by atoms with Gasteiger partial charge in [-0.15, -0.1) is 11.3 Å². The average molecular weight is 869 g/mol. The standard InChI is InChI=1S/C41H54ClF4N5O3S2Si/c1-22(2)57(23(3)4,24(5)6)37-32(42)15-34(55-37)56-21-28(27-12-30(43)17-47-16-27)20-50-35-31(13-29(14-33(35)56)41(44,45)46)36(48-38(50)52)49-18-25(7)51(26(8)19-49)39(53)54-40(9,10)11/h12-17,22-26,28,56H,18-21H2,1-11H3/t25-,26+,28-/m0/s1. The van der Waals surface area contributed by atoms with Crippen molar-refractivity contribution in [3.05, 3.63) is 69.1 Å². The molecular weight excluding hydrogens is 814 g/mol. The molecule has 4 atom stereocenters. The number of aromatic nitrogens is 3. The highest BCUT2D eigenvalue weighted by Gasteiger charge is 2.48. The summed E-state index contributed by atoms with van der Waals surface area (Å²) < 4.78 is 69.2. The minimum absolute atomic E-state index is 0.0683. The van der Waals surface area contributed by atoms with Gasteiger partial charge in [-0.2, -0.15) is 29.1 Å². The van der Waals surface area contributed by atoms with Gasteiger partial charge in [-0.3, -0.25) is 14.5 Å². The Morgan fingerprint density at radius 3 is 2.12 bits per heavy atom. The van der Waals surface area contributed by atoms with Crippen LogP contribution in [0.25, 0.3) is 10.9 Å². The molecule has 16 heteroatoms. The average Bonchev–Trinajstić information content (AvgIpc) is 3.35. The van der Waals surface area contributed by atoms with Crippen LogP contribution in [0.4, 0.5) is 28.2 Å². The summed E-state index contributed by atoms with van der Waals surface area (Å²) in [6, 6.07) is 4.82. The predicted octanol–water partition coefficient (Wildman–Crippen LogP) is 10.6. The molecule has 2 aliphatic heterocycles. The van der Waals surface area contributed by atoms with Crippen molar-refractivity contribution in [3.8, 4) is 0 Å². The molecule has 8 nitrogen and oxygen atoms in total. The molecule has 57 heavy (non-hydrogen) atoms. The van der Waals surface area contributed by atoms with Crippen LogP contribution in [0.3, 0.4) is 0 Å². The van der Waals surface area contributed by atoms with Crippen molar-refractivity contribution in [2.24, 2.45) is 0 Å². The number of hydrogen-bond acceptors (Lipinski definition) is 7. The van der Waals surface area contributed by atoms with Crippen LogP contribution < -0.4 is 15.1 Å². The Labute approximate surface area is 345 Å². The van der Waals surface area contributed by atoms with Crippen molar-refractivity contribution in [3.63, 3.8) is 0 Å². The molecular formula is C41H54ClF4N5O3S2Si. The third-order valence-corrected chi connectivity index (χ3v) is 24.5. The first-order valence-electron chi connectivity index (χ1n) is 19.5. The molecule has 6 rings (SSSR count). The monoisotopic (exact) mass is 867 g/mol. The van der Waals surface area contributed by atoms with Crippen molar-refractivity contribution in [2.45, 2.75) is 138 Å². The van der Waals surface area contributed by atoms with Crippen molar-refractivity contribution in [1.82, 2.24) is 19.4 Å². The highest BCUT2D eigenvalue weighted by atomic mass is 35.5. The Morgan fingerprint density at radius 1 is 0.965 bits per heavy atom. The van der Waals surface area contributed by atoms with E-state index in [0.29, 0.717) is 43.4 Å². The molecule has 0 saturated carbocycles. The Balaban J connectivity index is 1.61. The molecule has 0 bridgehead atoms. The van der Waals surface area contributed by atoms with Crippen LogP contribution in [-0.4, -0.2) is 70.1 Å². The Bertz CT molecular complexity index is 2190. The number of pyridine rings is 1. The van der Waals surface area contributed by atoms with Gasteiger partial charge in [-0.05, 0) is 86.8 Å². The van der Waals surface area contributed by atoms with Gasteiger partial charge in [0, 0.05) is 50.7 Å². The van der Waals surface area contributed by atoms with E-state index in [1.807, 2.05) is 24.8 Å². The van der Waals surface area contributed by atoms with E-state index >= 15 is 13.2 Å². The molecule has 3 aromatic heterocycles. The molecule has 4 aromatic rings. The Kier molecular flexibility index (Phi) is 12.0. The van der Waals surface area contributed by atoms with E-state index in [-0.39, 0.29) is 30.8 Å². The summed E-state index contributed by atoms with van der Waals surface area (Å²) in [5.41, 5.74) is -0.236. The number of nitrogens with zero attached hydrogens (tertiary/aromatic N) is 5. The third kappa shape index (κ3) is 8.11. The number of halogens is 5. The number of carbonyl (C=O) groups excluding carboxylic acids is 1. The van der Waals surface area contributed by atoms with E-state index in [0.717, 1.165) is 21.0 Å². The highest BCUT2D eigenvalue weighted by Crippen LogP contribution is 2.57. The van der Waals surface area contributed by atoms with Gasteiger partial charge in [-0.25, -0.2) is 14.0 Å². The molecule has 1 fully saturated rings. The van der Waals surface area contributed by atoms with Crippen LogP contribution in [-0.2, 0) is 17.5 Å². The number of carbonyl (C=O) groups is 1. The minimum atomic E-state index is -4.72. The maximum atomic E-state index is 15.1. The molecule has 0 aliphatic carbocycles. The van der Waals surface area contributed by atoms with E-state index in [9.17, 15) is 14.0 Å². The number of benzene rings is 1. The van der Waals surface area contributed by atoms with Gasteiger partial charge in [0.25, 0.3) is 0 Å². The zero-order valence-corrected chi connectivity index (χ0v) is 37.9. The minimum Gasteiger partial charge on any atom is -0.444 e. The number of amides is 1. The Morgan fingerprint density at radius 2 is 1.58 bits per heavy atom. The number of thiophene rings is 1. The van der Waals surface area contributed by atoms with Crippen molar-refractivity contribution >= 4 is 69.2 Å². The first-order chi connectivity index (χ1) is 26.4. The lowest BCUT2D eigenvalue weighted by atomic mass is 10.0. The fraction of sp³-hybridized carbons (Fsp3) is 0.561. The molecule has 5 heterocycles. The molecule has 1 amide bonds. The van der Waals surface area contributed by atoms with Gasteiger partial charge in [0.05, 0.1) is 34.4 Å². The van der Waals surface area contributed by atoms with Crippen LogP contribution >= 0.6 is 33.8 Å². The second kappa shape index (κ2) is 15.8. The summed E-state index contributed by atoms with van der Waals surface area (Å²) in [6.45, 7) is 23.0. The lowest BCUT2D eigenvalue weighted by Gasteiger charge is -2.45. The van der Waals surface area contributed by atoms with Crippen LogP contribution in [0.1, 0.15) is 93.2 Å². The van der Waals surface area contributed by atoms with Crippen LogP contribution in [0, 0.1) is 5.82 Å². The second-order valence-corrected chi connectivity index (χ2v) is 27.8. The second-order valence-electron chi connectivity index (χ2n) is 17.6. The SMILES string of the molecule is CC(C)[Si](c1sc([SH]2C[C@@H](c3cncc(F)c3)Cn3c(=O)nc(N4C[C@@H](C)N(C(=O)OC(C)(C)C)[C@@H](C)C4)c4cc(C(F)(F)F)cc2c43)cc1Cl)(C(C)C)C(C)C. The molecule has 1 saturated heterocycles. The van der Waals surface area contributed by atoms with E-state index < -0.39 is 71.9 Å². The fourth-order valence-electron chi connectivity index (χ4n) is 9.57. The van der Waals surface area contributed by atoms with Gasteiger partial charge in [0.2, 0.25) is 0 Å². The largest absolute Gasteiger partial charge is 0.444 e. The quantitative estimate of drug-likeness (QED) is 0.113. The summed E-state index contributed by atoms with van der Waals surface area (Å²) in [5.74, 6) is -0.539. The molecule has 312 valence electrons. The topological polar surface area (TPSA) is 80.6 Å². The van der Waals surface area contributed by atoms with E-state index in [1.165, 1.54) is 16.7 Å². The van der Waals surface area contributed by atoms with E-state index in [1.54, 1.807) is 43.2 Å². The van der Waals surface area contributed by atoms with Crippen LogP contribution in [0.5, 0.6) is 0 Å². The van der Waals surface area contributed by atoms with Crippen molar-refractivity contribution in [1.29, 1.82) is 0 Å². The van der Waals surface area contributed by atoms with Gasteiger partial charge in [0.15, 0.2) is 0 Å². The number of thiol groups is 1. The summed E-state index contributed by atoms with van der Waals surface area (Å²) in [4.78, 5) is 40.1. The molecule has 0 spiro atoms. The lowest BCUT2D eigenvalue weighted by Crippen LogP contribution is -2.59. The summed E-state index contributed by atoms with van der Waals surface area (Å²) >= 11 is 8.87. The zero-order valence-electron chi connectivity index (χ0n) is 34.5. The molecule has 2 aliphatic rings. The highest BCUT2D eigenvalue weighted by molar-refractivity contribution is 8.18.